The third-order valence-corrected chi connectivity index (χ3v) is 3.38. The van der Waals surface area contributed by atoms with E-state index in [4.69, 9.17) is 5.11 Å². The van der Waals surface area contributed by atoms with Crippen LogP contribution in [0, 0.1) is 6.92 Å². The molecule has 0 saturated heterocycles. The molecule has 1 atom stereocenters. The fraction of sp³-hybridized carbons (Fsp3) is 0.235. The highest BCUT2D eigenvalue weighted by atomic mass is 16.4. The van der Waals surface area contributed by atoms with Gasteiger partial charge in [-0.1, -0.05) is 54.1 Å². The predicted octanol–water partition coefficient (Wildman–Crippen LogP) is 3.77. The van der Waals surface area contributed by atoms with E-state index in [9.17, 15) is 4.79 Å². The summed E-state index contributed by atoms with van der Waals surface area (Å²) in [5.74, 6) is -1.24. The van der Waals surface area contributed by atoms with Gasteiger partial charge in [-0.05, 0) is 37.0 Å². The molecule has 0 fully saturated rings. The molecule has 0 heterocycles. The average Bonchev–Trinajstić information content (AvgIpc) is 2.41. The molecule has 2 heteroatoms. The summed E-state index contributed by atoms with van der Waals surface area (Å²) in [5, 5.41) is 8.97. The van der Waals surface area contributed by atoms with E-state index in [2.05, 4.69) is 31.2 Å². The smallest absolute Gasteiger partial charge is 0.310 e. The molecule has 0 saturated carbocycles. The van der Waals surface area contributed by atoms with Gasteiger partial charge < -0.3 is 5.11 Å². The van der Waals surface area contributed by atoms with E-state index in [1.54, 1.807) is 6.92 Å². The van der Waals surface area contributed by atoms with E-state index in [0.717, 1.165) is 12.0 Å². The van der Waals surface area contributed by atoms with E-state index < -0.39 is 11.9 Å². The Balaban J connectivity index is 2.10. The summed E-state index contributed by atoms with van der Waals surface area (Å²) >= 11 is 0. The van der Waals surface area contributed by atoms with Gasteiger partial charge in [-0.2, -0.15) is 0 Å². The van der Waals surface area contributed by atoms with E-state index in [0.29, 0.717) is 0 Å². The Morgan fingerprint density at radius 3 is 1.95 bits per heavy atom. The molecule has 2 nitrogen and oxygen atoms in total. The van der Waals surface area contributed by atoms with Crippen molar-refractivity contribution in [3.8, 4) is 0 Å². The molecule has 0 aliphatic carbocycles. The fourth-order valence-corrected chi connectivity index (χ4v) is 2.01. The monoisotopic (exact) mass is 254 g/mol. The average molecular weight is 254 g/mol. The van der Waals surface area contributed by atoms with Crippen molar-refractivity contribution >= 4 is 5.97 Å². The van der Waals surface area contributed by atoms with Gasteiger partial charge in [-0.15, -0.1) is 0 Å². The zero-order chi connectivity index (χ0) is 13.8. The number of hydrogen-bond acceptors (Lipinski definition) is 1. The van der Waals surface area contributed by atoms with Crippen molar-refractivity contribution in [2.75, 3.05) is 0 Å². The van der Waals surface area contributed by atoms with Gasteiger partial charge in [0.1, 0.15) is 0 Å². The zero-order valence-electron chi connectivity index (χ0n) is 11.3. The molecule has 1 N–H and O–H groups in total. The second-order valence-corrected chi connectivity index (χ2v) is 4.96. The van der Waals surface area contributed by atoms with Gasteiger partial charge in [0.15, 0.2) is 0 Å². The van der Waals surface area contributed by atoms with Gasteiger partial charge in [0.25, 0.3) is 0 Å². The summed E-state index contributed by atoms with van der Waals surface area (Å²) in [4.78, 5) is 10.9. The highest BCUT2D eigenvalue weighted by Crippen LogP contribution is 2.17. The fourth-order valence-electron chi connectivity index (χ4n) is 2.01. The number of carbonyl (C=O) groups is 1. The van der Waals surface area contributed by atoms with E-state index >= 15 is 0 Å². The van der Waals surface area contributed by atoms with Crippen LogP contribution in [0.3, 0.4) is 0 Å². The van der Waals surface area contributed by atoms with Crippen molar-refractivity contribution in [1.82, 2.24) is 0 Å². The summed E-state index contributed by atoms with van der Waals surface area (Å²) < 4.78 is 0. The molecule has 0 amide bonds. The topological polar surface area (TPSA) is 37.3 Å². The third-order valence-electron chi connectivity index (χ3n) is 3.38. The molecule has 0 spiro atoms. The van der Waals surface area contributed by atoms with Crippen molar-refractivity contribution in [1.29, 1.82) is 0 Å². The number of hydrogen-bond donors (Lipinski definition) is 1. The number of carboxylic acid groups (broad SMARTS) is 1. The van der Waals surface area contributed by atoms with Crippen molar-refractivity contribution in [3.63, 3.8) is 0 Å². The Hall–Kier alpha value is -2.09. The molecule has 0 radical (unpaired) electrons. The molecule has 98 valence electrons. The lowest BCUT2D eigenvalue weighted by Crippen LogP contribution is -2.07. The Morgan fingerprint density at radius 1 is 1.00 bits per heavy atom. The second-order valence-electron chi connectivity index (χ2n) is 4.96. The van der Waals surface area contributed by atoms with Crippen LogP contribution >= 0.6 is 0 Å². The van der Waals surface area contributed by atoms with Crippen LogP contribution in [0.4, 0.5) is 0 Å². The SMILES string of the molecule is Cc1ccc(Cc2ccc(C(C)C(=O)O)cc2)cc1. The lowest BCUT2D eigenvalue weighted by atomic mass is 9.97. The first-order valence-electron chi connectivity index (χ1n) is 6.43. The second kappa shape index (κ2) is 5.70. The molecule has 1 unspecified atom stereocenters. The number of aryl methyl sites for hydroxylation is 1. The quantitative estimate of drug-likeness (QED) is 0.901. The van der Waals surface area contributed by atoms with E-state index in [1.165, 1.54) is 16.7 Å². The van der Waals surface area contributed by atoms with Gasteiger partial charge in [0.05, 0.1) is 5.92 Å². The number of rotatable bonds is 4. The van der Waals surface area contributed by atoms with Crippen LogP contribution in [-0.2, 0) is 11.2 Å². The summed E-state index contributed by atoms with van der Waals surface area (Å²) in [6, 6.07) is 16.3. The van der Waals surface area contributed by atoms with Crippen molar-refractivity contribution in [3.05, 3.63) is 70.8 Å². The Kier molecular flexibility index (Phi) is 4.00. The molecule has 2 aromatic rings. The molecular weight excluding hydrogens is 236 g/mol. The standard InChI is InChI=1S/C17H18O2/c1-12-3-5-14(6-4-12)11-15-7-9-16(10-8-15)13(2)17(18)19/h3-10,13H,11H2,1-2H3,(H,18,19). The minimum Gasteiger partial charge on any atom is -0.481 e. The van der Waals surface area contributed by atoms with Gasteiger partial charge >= 0.3 is 5.97 Å². The Labute approximate surface area is 113 Å². The maximum Gasteiger partial charge on any atom is 0.310 e. The van der Waals surface area contributed by atoms with Crippen LogP contribution in [0.5, 0.6) is 0 Å². The van der Waals surface area contributed by atoms with Gasteiger partial charge in [-0.25, -0.2) is 0 Å². The third kappa shape index (κ3) is 3.44. The lowest BCUT2D eigenvalue weighted by Gasteiger charge is -2.08. The van der Waals surface area contributed by atoms with Crippen molar-refractivity contribution in [2.24, 2.45) is 0 Å². The zero-order valence-corrected chi connectivity index (χ0v) is 11.3. The maximum absolute atomic E-state index is 10.9. The normalized spacial score (nSPS) is 12.1. The number of carboxylic acids is 1. The van der Waals surface area contributed by atoms with Gasteiger partial charge in [-0.3, -0.25) is 4.79 Å². The molecule has 0 aromatic heterocycles. The molecule has 0 aliphatic heterocycles. The first-order valence-corrected chi connectivity index (χ1v) is 6.43. The number of aliphatic carboxylic acids is 1. The molecule has 19 heavy (non-hydrogen) atoms. The highest BCUT2D eigenvalue weighted by molar-refractivity contribution is 5.75. The number of benzene rings is 2. The summed E-state index contributed by atoms with van der Waals surface area (Å²) in [5.41, 5.74) is 4.57. The van der Waals surface area contributed by atoms with E-state index in [-0.39, 0.29) is 0 Å². The Morgan fingerprint density at radius 2 is 1.47 bits per heavy atom. The van der Waals surface area contributed by atoms with Gasteiger partial charge in [0.2, 0.25) is 0 Å². The summed E-state index contributed by atoms with van der Waals surface area (Å²) in [6.45, 7) is 3.78. The highest BCUT2D eigenvalue weighted by Gasteiger charge is 2.12. The minimum absolute atomic E-state index is 0.451. The van der Waals surface area contributed by atoms with Crippen LogP contribution in [0.25, 0.3) is 0 Å². The molecule has 2 rings (SSSR count). The van der Waals surface area contributed by atoms with Crippen LogP contribution in [-0.4, -0.2) is 11.1 Å². The molecule has 0 bridgehead atoms. The first-order chi connectivity index (χ1) is 9.06. The van der Waals surface area contributed by atoms with Crippen molar-refractivity contribution in [2.45, 2.75) is 26.2 Å². The minimum atomic E-state index is -0.786. The van der Waals surface area contributed by atoms with Crippen LogP contribution in [0.2, 0.25) is 0 Å². The van der Waals surface area contributed by atoms with Crippen LogP contribution < -0.4 is 0 Å². The van der Waals surface area contributed by atoms with Crippen molar-refractivity contribution < 1.29 is 9.90 Å². The first kappa shape index (κ1) is 13.3. The predicted molar refractivity (Wildman–Crippen MR) is 76.5 cm³/mol. The lowest BCUT2D eigenvalue weighted by molar-refractivity contribution is -0.138. The van der Waals surface area contributed by atoms with Crippen LogP contribution in [0.1, 0.15) is 35.1 Å². The summed E-state index contributed by atoms with van der Waals surface area (Å²) in [6.07, 6.45) is 0.877. The Bertz CT molecular complexity index is 553. The molecule has 2 aromatic carbocycles. The van der Waals surface area contributed by atoms with Gasteiger partial charge in [0, 0.05) is 0 Å². The summed E-state index contributed by atoms with van der Waals surface area (Å²) in [7, 11) is 0. The molecular formula is C17H18O2. The molecule has 0 aliphatic rings. The largest absolute Gasteiger partial charge is 0.481 e. The maximum atomic E-state index is 10.9. The van der Waals surface area contributed by atoms with Crippen LogP contribution in [0.15, 0.2) is 48.5 Å². The van der Waals surface area contributed by atoms with E-state index in [1.807, 2.05) is 24.3 Å².